The van der Waals surface area contributed by atoms with Crippen molar-refractivity contribution in [3.63, 3.8) is 0 Å². The van der Waals surface area contributed by atoms with Gasteiger partial charge in [-0.05, 0) is 41.8 Å². The Labute approximate surface area is 179 Å². The molecular weight excluding hydrogens is 402 g/mol. The molecule has 8 heteroatoms. The average molecular weight is 434 g/mol. The van der Waals surface area contributed by atoms with E-state index < -0.39 is 14.9 Å². The lowest BCUT2D eigenvalue weighted by Gasteiger charge is -2.28. The third-order valence-electron chi connectivity index (χ3n) is 5.52. The van der Waals surface area contributed by atoms with Crippen molar-refractivity contribution in [3.05, 3.63) is 59.7 Å². The second-order valence-corrected chi connectivity index (χ2v) is 10.6. The summed E-state index contributed by atoms with van der Waals surface area (Å²) in [6.45, 7) is 4.49. The fourth-order valence-electron chi connectivity index (χ4n) is 3.45. The largest absolute Gasteiger partial charge is 0.508 e. The van der Waals surface area contributed by atoms with Gasteiger partial charge in [-0.1, -0.05) is 38.1 Å². The summed E-state index contributed by atoms with van der Waals surface area (Å²) >= 11 is 0. The maximum absolute atomic E-state index is 11.8. The van der Waals surface area contributed by atoms with E-state index in [-0.39, 0.29) is 11.2 Å². The standard InChI is InChI=1S/C22H31NO6Si/c1-22(2,18-9-13-20(24)14-10-18)17-7-11-19(12-8-17)23(21(25)26)15-6-16-30(27-3,28-4)29-5/h7-14,24H,6,15-16H2,1-5H3,(H,25,26). The number of benzene rings is 2. The zero-order chi connectivity index (χ0) is 22.4. The molecule has 0 aromatic heterocycles. The van der Waals surface area contributed by atoms with Gasteiger partial charge in [-0.15, -0.1) is 0 Å². The van der Waals surface area contributed by atoms with Crippen molar-refractivity contribution in [2.24, 2.45) is 0 Å². The van der Waals surface area contributed by atoms with E-state index in [1.807, 2.05) is 36.4 Å². The smallest absolute Gasteiger partial charge is 0.500 e. The summed E-state index contributed by atoms with van der Waals surface area (Å²) in [4.78, 5) is 13.1. The zero-order valence-electron chi connectivity index (χ0n) is 18.2. The number of carboxylic acid groups (broad SMARTS) is 1. The Kier molecular flexibility index (Phi) is 8.02. The Bertz CT molecular complexity index is 810. The van der Waals surface area contributed by atoms with E-state index in [0.29, 0.717) is 24.7 Å². The monoisotopic (exact) mass is 433 g/mol. The summed E-state index contributed by atoms with van der Waals surface area (Å²) in [7, 11) is 1.90. The van der Waals surface area contributed by atoms with Crippen molar-refractivity contribution in [2.75, 3.05) is 32.8 Å². The third kappa shape index (κ3) is 5.40. The van der Waals surface area contributed by atoms with E-state index in [9.17, 15) is 15.0 Å². The lowest BCUT2D eigenvalue weighted by Crippen LogP contribution is -2.43. The Morgan fingerprint density at radius 2 is 1.40 bits per heavy atom. The van der Waals surface area contributed by atoms with Crippen molar-refractivity contribution in [3.8, 4) is 5.75 Å². The first-order valence-electron chi connectivity index (χ1n) is 9.75. The van der Waals surface area contributed by atoms with Crippen molar-refractivity contribution >= 4 is 20.6 Å². The molecule has 0 atom stereocenters. The van der Waals surface area contributed by atoms with Crippen LogP contribution in [0.5, 0.6) is 5.75 Å². The fraction of sp³-hybridized carbons (Fsp3) is 0.409. The molecule has 2 aromatic rings. The molecule has 0 spiro atoms. The van der Waals surface area contributed by atoms with E-state index in [1.54, 1.807) is 33.5 Å². The Balaban J connectivity index is 2.15. The number of phenolic OH excluding ortho intramolecular Hbond substituents is 1. The first kappa shape index (κ1) is 23.9. The van der Waals surface area contributed by atoms with Crippen LogP contribution in [0.25, 0.3) is 0 Å². The maximum atomic E-state index is 11.8. The molecule has 164 valence electrons. The Morgan fingerprint density at radius 3 is 1.83 bits per heavy atom. The second-order valence-electron chi connectivity index (χ2n) is 7.55. The molecule has 0 fully saturated rings. The van der Waals surface area contributed by atoms with Gasteiger partial charge in [0.25, 0.3) is 0 Å². The molecule has 0 heterocycles. The minimum Gasteiger partial charge on any atom is -0.508 e. The average Bonchev–Trinajstić information content (AvgIpc) is 2.74. The molecule has 1 amide bonds. The van der Waals surface area contributed by atoms with Crippen LogP contribution in [0, 0.1) is 0 Å². The normalized spacial score (nSPS) is 12.0. The molecule has 0 bridgehead atoms. The number of anilines is 1. The van der Waals surface area contributed by atoms with Crippen LogP contribution in [-0.2, 0) is 18.7 Å². The number of carbonyl (C=O) groups is 1. The van der Waals surface area contributed by atoms with Gasteiger partial charge in [-0.25, -0.2) is 4.79 Å². The first-order valence-corrected chi connectivity index (χ1v) is 11.7. The quantitative estimate of drug-likeness (QED) is 0.538. The molecule has 0 aliphatic heterocycles. The van der Waals surface area contributed by atoms with Crippen LogP contribution in [0.2, 0.25) is 6.04 Å². The van der Waals surface area contributed by atoms with Crippen LogP contribution < -0.4 is 4.90 Å². The van der Waals surface area contributed by atoms with Crippen LogP contribution in [-0.4, -0.2) is 53.0 Å². The molecule has 2 aromatic carbocycles. The zero-order valence-corrected chi connectivity index (χ0v) is 19.2. The minimum atomic E-state index is -2.73. The van der Waals surface area contributed by atoms with Gasteiger partial charge < -0.3 is 23.5 Å². The molecule has 2 rings (SSSR count). The number of hydrogen-bond donors (Lipinski definition) is 2. The number of phenols is 1. The van der Waals surface area contributed by atoms with E-state index in [2.05, 4.69) is 13.8 Å². The summed E-state index contributed by atoms with van der Waals surface area (Å²) in [5.74, 6) is 0.226. The van der Waals surface area contributed by atoms with Crippen LogP contribution in [0.15, 0.2) is 48.5 Å². The summed E-state index contributed by atoms with van der Waals surface area (Å²) in [5, 5.41) is 19.2. The van der Waals surface area contributed by atoms with Gasteiger partial charge in [0.05, 0.1) is 0 Å². The molecule has 2 N–H and O–H groups in total. The topological polar surface area (TPSA) is 88.5 Å². The molecule has 30 heavy (non-hydrogen) atoms. The fourth-order valence-corrected chi connectivity index (χ4v) is 5.15. The Hall–Kier alpha value is -2.39. The van der Waals surface area contributed by atoms with Crippen molar-refractivity contribution in [1.82, 2.24) is 0 Å². The summed E-state index contributed by atoms with van der Waals surface area (Å²) in [5.41, 5.74) is 2.42. The number of rotatable bonds is 10. The molecule has 0 unspecified atom stereocenters. The van der Waals surface area contributed by atoms with Gasteiger partial charge in [0.2, 0.25) is 0 Å². The second kappa shape index (κ2) is 10.1. The van der Waals surface area contributed by atoms with Crippen LogP contribution in [0.3, 0.4) is 0 Å². The number of amides is 1. The van der Waals surface area contributed by atoms with E-state index >= 15 is 0 Å². The number of hydrogen-bond acceptors (Lipinski definition) is 5. The molecular formula is C22H31NO6Si. The Morgan fingerprint density at radius 1 is 0.933 bits per heavy atom. The van der Waals surface area contributed by atoms with E-state index in [4.69, 9.17) is 13.3 Å². The van der Waals surface area contributed by atoms with Crippen molar-refractivity contribution < 1.29 is 28.3 Å². The molecule has 0 aliphatic carbocycles. The molecule has 0 radical (unpaired) electrons. The van der Waals surface area contributed by atoms with Crippen LogP contribution >= 0.6 is 0 Å². The minimum absolute atomic E-state index is 0.226. The number of nitrogens with zero attached hydrogens (tertiary/aromatic N) is 1. The van der Waals surface area contributed by atoms with Gasteiger partial charge in [0, 0.05) is 45.0 Å². The van der Waals surface area contributed by atoms with Gasteiger partial charge >= 0.3 is 14.9 Å². The molecule has 0 saturated carbocycles. The highest BCUT2D eigenvalue weighted by Crippen LogP contribution is 2.33. The highest BCUT2D eigenvalue weighted by Gasteiger charge is 2.37. The molecule has 0 aliphatic rings. The van der Waals surface area contributed by atoms with Gasteiger partial charge in [0.15, 0.2) is 0 Å². The predicted octanol–water partition coefficient (Wildman–Crippen LogP) is 4.47. The third-order valence-corrected chi connectivity index (χ3v) is 8.35. The summed E-state index contributed by atoms with van der Waals surface area (Å²) in [6, 6.07) is 15.2. The maximum Gasteiger partial charge on any atom is 0.500 e. The van der Waals surface area contributed by atoms with E-state index in [1.165, 1.54) is 4.90 Å². The van der Waals surface area contributed by atoms with Crippen LogP contribution in [0.4, 0.5) is 10.5 Å². The highest BCUT2D eigenvalue weighted by atomic mass is 28.4. The highest BCUT2D eigenvalue weighted by molar-refractivity contribution is 6.60. The lowest BCUT2D eigenvalue weighted by atomic mass is 9.78. The first-order chi connectivity index (χ1) is 14.2. The summed E-state index contributed by atoms with van der Waals surface area (Å²) in [6.07, 6.45) is -0.463. The predicted molar refractivity (Wildman–Crippen MR) is 118 cm³/mol. The van der Waals surface area contributed by atoms with Gasteiger partial charge in [-0.3, -0.25) is 4.90 Å². The molecule has 0 saturated heterocycles. The van der Waals surface area contributed by atoms with Crippen LogP contribution in [0.1, 0.15) is 31.4 Å². The van der Waals surface area contributed by atoms with Gasteiger partial charge in [0.1, 0.15) is 5.75 Å². The summed E-state index contributed by atoms with van der Waals surface area (Å²) < 4.78 is 16.2. The SMILES string of the molecule is CO[Si](CCCN(C(=O)O)c1ccc(C(C)(C)c2ccc(O)cc2)cc1)(OC)OC. The van der Waals surface area contributed by atoms with Crippen molar-refractivity contribution in [2.45, 2.75) is 31.7 Å². The van der Waals surface area contributed by atoms with E-state index in [0.717, 1.165) is 11.1 Å². The van der Waals surface area contributed by atoms with Crippen molar-refractivity contribution in [1.29, 1.82) is 0 Å². The molecule has 7 nitrogen and oxygen atoms in total. The number of aromatic hydroxyl groups is 1. The van der Waals surface area contributed by atoms with Gasteiger partial charge in [-0.2, -0.15) is 0 Å². The lowest BCUT2D eigenvalue weighted by molar-refractivity contribution is 0.123.